The van der Waals surface area contributed by atoms with Gasteiger partial charge in [0.25, 0.3) is 0 Å². The Hall–Kier alpha value is -2.66. The molecule has 1 aliphatic heterocycles. The molecule has 0 bridgehead atoms. The highest BCUT2D eigenvalue weighted by atomic mass is 16.5. The number of aromatic carboxylic acids is 1. The van der Waals surface area contributed by atoms with E-state index in [0.29, 0.717) is 6.61 Å². The SMILES string of the molecule is O=C(Cc1ccc(C(=O)O)cc1)NC1CCOC1c1ccccc1. The van der Waals surface area contributed by atoms with Gasteiger partial charge in [0, 0.05) is 6.61 Å². The molecule has 0 spiro atoms. The summed E-state index contributed by atoms with van der Waals surface area (Å²) >= 11 is 0. The summed E-state index contributed by atoms with van der Waals surface area (Å²) in [7, 11) is 0. The highest BCUT2D eigenvalue weighted by molar-refractivity contribution is 5.87. The molecule has 1 aliphatic rings. The van der Waals surface area contributed by atoms with Crippen LogP contribution in [0.5, 0.6) is 0 Å². The number of carboxylic acids is 1. The lowest BCUT2D eigenvalue weighted by Gasteiger charge is -2.20. The highest BCUT2D eigenvalue weighted by Gasteiger charge is 2.30. The van der Waals surface area contributed by atoms with Crippen LogP contribution in [-0.4, -0.2) is 29.6 Å². The van der Waals surface area contributed by atoms with Gasteiger partial charge in [-0.25, -0.2) is 4.79 Å². The Morgan fingerprint density at radius 1 is 1.08 bits per heavy atom. The maximum atomic E-state index is 12.3. The lowest BCUT2D eigenvalue weighted by atomic mass is 10.0. The second-order valence-electron chi connectivity index (χ2n) is 5.84. The van der Waals surface area contributed by atoms with Crippen molar-refractivity contribution in [1.29, 1.82) is 0 Å². The zero-order chi connectivity index (χ0) is 16.9. The fraction of sp³-hybridized carbons (Fsp3) is 0.263. The van der Waals surface area contributed by atoms with E-state index in [1.807, 2.05) is 30.3 Å². The van der Waals surface area contributed by atoms with E-state index in [1.165, 1.54) is 12.1 Å². The van der Waals surface area contributed by atoms with E-state index in [-0.39, 0.29) is 30.0 Å². The maximum absolute atomic E-state index is 12.3. The minimum atomic E-state index is -0.972. The predicted molar refractivity (Wildman–Crippen MR) is 88.8 cm³/mol. The fourth-order valence-electron chi connectivity index (χ4n) is 2.92. The molecule has 1 saturated heterocycles. The van der Waals surface area contributed by atoms with Gasteiger partial charge in [-0.3, -0.25) is 4.79 Å². The largest absolute Gasteiger partial charge is 0.478 e. The van der Waals surface area contributed by atoms with Crippen molar-refractivity contribution in [3.8, 4) is 0 Å². The average Bonchev–Trinajstić information content (AvgIpc) is 3.04. The normalized spacial score (nSPS) is 19.8. The van der Waals surface area contributed by atoms with Gasteiger partial charge >= 0.3 is 5.97 Å². The standard InChI is InChI=1S/C19H19NO4/c21-17(12-13-6-8-15(9-7-13)19(22)23)20-16-10-11-24-18(16)14-4-2-1-3-5-14/h1-9,16,18H,10-12H2,(H,20,21)(H,22,23). The molecule has 2 atom stereocenters. The molecule has 1 fully saturated rings. The minimum absolute atomic E-state index is 0.0433. The van der Waals surface area contributed by atoms with E-state index in [2.05, 4.69) is 5.32 Å². The third-order valence-corrected chi connectivity index (χ3v) is 4.13. The number of carboxylic acid groups (broad SMARTS) is 1. The molecule has 0 aliphatic carbocycles. The quantitative estimate of drug-likeness (QED) is 0.886. The van der Waals surface area contributed by atoms with Crippen molar-refractivity contribution in [3.63, 3.8) is 0 Å². The molecule has 2 aromatic carbocycles. The van der Waals surface area contributed by atoms with Crippen molar-refractivity contribution in [2.45, 2.75) is 25.0 Å². The third-order valence-electron chi connectivity index (χ3n) is 4.13. The molecule has 2 aromatic rings. The predicted octanol–water partition coefficient (Wildman–Crippen LogP) is 2.57. The summed E-state index contributed by atoms with van der Waals surface area (Å²) in [6.07, 6.45) is 0.880. The smallest absolute Gasteiger partial charge is 0.335 e. The Balaban J connectivity index is 1.61. The second-order valence-corrected chi connectivity index (χ2v) is 5.84. The fourth-order valence-corrected chi connectivity index (χ4v) is 2.92. The summed E-state index contributed by atoms with van der Waals surface area (Å²) in [5, 5.41) is 11.9. The van der Waals surface area contributed by atoms with Gasteiger partial charge in [-0.2, -0.15) is 0 Å². The molecule has 124 valence electrons. The monoisotopic (exact) mass is 325 g/mol. The van der Waals surface area contributed by atoms with E-state index < -0.39 is 5.97 Å². The van der Waals surface area contributed by atoms with Crippen LogP contribution in [0.2, 0.25) is 0 Å². The van der Waals surface area contributed by atoms with E-state index in [9.17, 15) is 9.59 Å². The third kappa shape index (κ3) is 3.81. The number of rotatable bonds is 5. The number of amides is 1. The Morgan fingerprint density at radius 2 is 1.79 bits per heavy atom. The molecule has 1 heterocycles. The molecule has 0 aromatic heterocycles. The van der Waals surface area contributed by atoms with E-state index >= 15 is 0 Å². The maximum Gasteiger partial charge on any atom is 0.335 e. The van der Waals surface area contributed by atoms with Crippen LogP contribution in [0.1, 0.15) is 34.0 Å². The van der Waals surface area contributed by atoms with E-state index in [0.717, 1.165) is 17.5 Å². The van der Waals surface area contributed by atoms with Crippen LogP contribution >= 0.6 is 0 Å². The number of hydrogen-bond acceptors (Lipinski definition) is 3. The number of carbonyl (C=O) groups excluding carboxylic acids is 1. The lowest BCUT2D eigenvalue weighted by Crippen LogP contribution is -2.37. The number of nitrogens with one attached hydrogen (secondary N) is 1. The molecule has 24 heavy (non-hydrogen) atoms. The van der Waals surface area contributed by atoms with Gasteiger partial charge < -0.3 is 15.2 Å². The van der Waals surface area contributed by atoms with Crippen molar-refractivity contribution in [2.75, 3.05) is 6.61 Å². The van der Waals surface area contributed by atoms with Crippen molar-refractivity contribution in [2.24, 2.45) is 0 Å². The zero-order valence-corrected chi connectivity index (χ0v) is 13.1. The van der Waals surface area contributed by atoms with E-state index in [1.54, 1.807) is 12.1 Å². The van der Waals surface area contributed by atoms with Gasteiger partial charge in [0.05, 0.1) is 18.0 Å². The van der Waals surface area contributed by atoms with Crippen molar-refractivity contribution >= 4 is 11.9 Å². The summed E-state index contributed by atoms with van der Waals surface area (Å²) in [5.41, 5.74) is 2.06. The Bertz CT molecular complexity index is 712. The first-order valence-electron chi connectivity index (χ1n) is 7.91. The van der Waals surface area contributed by atoms with Crippen molar-refractivity contribution in [3.05, 3.63) is 71.3 Å². The second kappa shape index (κ2) is 7.27. The lowest BCUT2D eigenvalue weighted by molar-refractivity contribution is -0.121. The first-order chi connectivity index (χ1) is 11.6. The molecule has 0 saturated carbocycles. The van der Waals surface area contributed by atoms with Gasteiger partial charge in [-0.1, -0.05) is 42.5 Å². The highest BCUT2D eigenvalue weighted by Crippen LogP contribution is 2.28. The summed E-state index contributed by atoms with van der Waals surface area (Å²) in [5.74, 6) is -1.06. The van der Waals surface area contributed by atoms with Crippen molar-refractivity contribution < 1.29 is 19.4 Å². The molecule has 0 radical (unpaired) electrons. The Kier molecular flexibility index (Phi) is 4.91. The first kappa shape index (κ1) is 16.2. The topological polar surface area (TPSA) is 75.6 Å². The van der Waals surface area contributed by atoms with Gasteiger partial charge in [0.15, 0.2) is 0 Å². The van der Waals surface area contributed by atoms with Crippen LogP contribution in [0.4, 0.5) is 0 Å². The zero-order valence-electron chi connectivity index (χ0n) is 13.1. The number of carbonyl (C=O) groups is 2. The molecule has 3 rings (SSSR count). The summed E-state index contributed by atoms with van der Waals surface area (Å²) in [6.45, 7) is 0.623. The first-order valence-corrected chi connectivity index (χ1v) is 7.91. The molecule has 1 amide bonds. The van der Waals surface area contributed by atoms with Gasteiger partial charge in [-0.15, -0.1) is 0 Å². The van der Waals surface area contributed by atoms with Crippen LogP contribution in [0.25, 0.3) is 0 Å². The van der Waals surface area contributed by atoms with Crippen LogP contribution in [-0.2, 0) is 16.0 Å². The Morgan fingerprint density at radius 3 is 2.46 bits per heavy atom. The van der Waals surface area contributed by atoms with Crippen LogP contribution in [0.15, 0.2) is 54.6 Å². The molecular formula is C19H19NO4. The summed E-state index contributed by atoms with van der Waals surface area (Å²) in [4.78, 5) is 23.1. The van der Waals surface area contributed by atoms with E-state index in [4.69, 9.17) is 9.84 Å². The van der Waals surface area contributed by atoms with Crippen LogP contribution in [0.3, 0.4) is 0 Å². The van der Waals surface area contributed by atoms with Crippen LogP contribution < -0.4 is 5.32 Å². The Labute approximate surface area is 140 Å². The number of benzene rings is 2. The molecule has 2 unspecified atom stereocenters. The number of hydrogen-bond donors (Lipinski definition) is 2. The summed E-state index contributed by atoms with van der Waals surface area (Å²) in [6, 6.07) is 16.2. The molecular weight excluding hydrogens is 306 g/mol. The van der Waals surface area contributed by atoms with Gasteiger partial charge in [0.1, 0.15) is 6.10 Å². The number of ether oxygens (including phenoxy) is 1. The molecule has 5 nitrogen and oxygen atoms in total. The van der Waals surface area contributed by atoms with Crippen molar-refractivity contribution in [1.82, 2.24) is 5.32 Å². The van der Waals surface area contributed by atoms with Crippen LogP contribution in [0, 0.1) is 0 Å². The average molecular weight is 325 g/mol. The summed E-state index contributed by atoms with van der Waals surface area (Å²) < 4.78 is 5.76. The molecule has 5 heteroatoms. The van der Waals surface area contributed by atoms with Gasteiger partial charge in [-0.05, 0) is 29.7 Å². The minimum Gasteiger partial charge on any atom is -0.478 e. The molecule has 2 N–H and O–H groups in total. The van der Waals surface area contributed by atoms with Gasteiger partial charge in [0.2, 0.25) is 5.91 Å².